The van der Waals surface area contributed by atoms with Crippen LogP contribution in [-0.2, 0) is 4.79 Å². The summed E-state index contributed by atoms with van der Waals surface area (Å²) >= 11 is 8.73. The van der Waals surface area contributed by atoms with E-state index in [1.807, 2.05) is 36.4 Å². The maximum absolute atomic E-state index is 13.4. The van der Waals surface area contributed by atoms with Crippen LogP contribution in [0.15, 0.2) is 70.9 Å². The van der Waals surface area contributed by atoms with Gasteiger partial charge in [-0.25, -0.2) is 4.99 Å². The summed E-state index contributed by atoms with van der Waals surface area (Å²) in [6.07, 6.45) is 3.51. The van der Waals surface area contributed by atoms with Crippen molar-refractivity contribution in [3.05, 3.63) is 80.8 Å². The second-order valence-corrected chi connectivity index (χ2v) is 16.3. The number of carbonyl (C=O) groups is 1. The fourth-order valence-electron chi connectivity index (χ4n) is 4.28. The van der Waals surface area contributed by atoms with Crippen LogP contribution in [0.1, 0.15) is 4.88 Å². The molecule has 0 bridgehead atoms. The summed E-state index contributed by atoms with van der Waals surface area (Å²) in [5.74, 6) is 0.251. The lowest BCUT2D eigenvalue weighted by Crippen LogP contribution is -2.61. The third kappa shape index (κ3) is 3.43. The van der Waals surface area contributed by atoms with Gasteiger partial charge in [0.15, 0.2) is 13.9 Å². The number of aliphatic imine (C=N–C) groups is 1. The normalized spacial score (nSPS) is 19.9. The van der Waals surface area contributed by atoms with E-state index >= 15 is 0 Å². The highest BCUT2D eigenvalue weighted by molar-refractivity contribution is 14.1. The fraction of sp³-hybridized carbons (Fsp3) is 0.0435. The molecule has 2 aliphatic rings. The summed E-state index contributed by atoms with van der Waals surface area (Å²) in [7, 11) is -2.63. The molecule has 0 radical (unpaired) electrons. The summed E-state index contributed by atoms with van der Waals surface area (Å²) in [5.41, 5.74) is 2.50. The average molecular weight is 777 g/mol. The number of carbonyl (C=O) groups excluding carboxylic acids is 1. The predicted octanol–water partition coefficient (Wildman–Crippen LogP) is 5.68. The SMILES string of the molecule is C[Si]1(c2ccccc2)C2=C(c3sc(I)c(I)c3I)C(=O)C=CC2=Nc2ccc(O)cc21. The lowest BCUT2D eigenvalue weighted by Gasteiger charge is -2.38. The zero-order valence-corrected chi connectivity index (χ0v) is 24.4. The van der Waals surface area contributed by atoms with E-state index in [9.17, 15) is 9.90 Å². The molecule has 1 N–H and O–H groups in total. The monoisotopic (exact) mass is 777 g/mol. The Bertz CT molecular complexity index is 1360. The van der Waals surface area contributed by atoms with Gasteiger partial charge in [0.25, 0.3) is 0 Å². The lowest BCUT2D eigenvalue weighted by atomic mass is 10.0. The first-order valence-electron chi connectivity index (χ1n) is 9.41. The van der Waals surface area contributed by atoms with Gasteiger partial charge in [-0.3, -0.25) is 4.79 Å². The van der Waals surface area contributed by atoms with Crippen LogP contribution in [0.3, 0.4) is 0 Å². The summed E-state index contributed by atoms with van der Waals surface area (Å²) < 4.78 is 3.48. The first-order valence-corrected chi connectivity index (χ1v) is 16.0. The minimum absolute atomic E-state index is 0.0270. The van der Waals surface area contributed by atoms with Gasteiger partial charge in [-0.2, -0.15) is 0 Å². The number of allylic oxidation sites excluding steroid dienone is 4. The Kier molecular flexibility index (Phi) is 5.81. The Morgan fingerprint density at radius 2 is 1.74 bits per heavy atom. The molecular formula is C23H14I3NO2SSi. The van der Waals surface area contributed by atoms with Crippen LogP contribution in [0.5, 0.6) is 5.75 Å². The van der Waals surface area contributed by atoms with Crippen molar-refractivity contribution in [2.75, 3.05) is 0 Å². The Balaban J connectivity index is 1.94. The maximum Gasteiger partial charge on any atom is 0.187 e. The minimum atomic E-state index is -2.63. The van der Waals surface area contributed by atoms with Crippen LogP contribution in [0.25, 0.3) is 5.57 Å². The number of hydrogen-bond donors (Lipinski definition) is 1. The molecule has 1 atom stereocenters. The predicted molar refractivity (Wildman–Crippen MR) is 156 cm³/mol. The highest BCUT2D eigenvalue weighted by atomic mass is 127. The summed E-state index contributed by atoms with van der Waals surface area (Å²) in [6.45, 7) is 2.27. The van der Waals surface area contributed by atoms with Crippen LogP contribution in [-0.4, -0.2) is 24.7 Å². The molecule has 1 aromatic heterocycles. The molecular weight excluding hydrogens is 763 g/mol. The van der Waals surface area contributed by atoms with E-state index in [-0.39, 0.29) is 11.5 Å². The second-order valence-electron chi connectivity index (χ2n) is 7.47. The number of ketones is 1. The topological polar surface area (TPSA) is 49.7 Å². The zero-order chi connectivity index (χ0) is 21.9. The van der Waals surface area contributed by atoms with Crippen molar-refractivity contribution in [1.82, 2.24) is 0 Å². The summed E-state index contributed by atoms with van der Waals surface area (Å²) in [4.78, 5) is 19.4. The van der Waals surface area contributed by atoms with Gasteiger partial charge in [-0.1, -0.05) is 36.9 Å². The number of phenolic OH excluding ortho intramolecular Hbond substituents is 1. The average Bonchev–Trinajstić information content (AvgIpc) is 3.02. The third-order valence-electron chi connectivity index (χ3n) is 5.74. The Morgan fingerprint density at radius 3 is 2.42 bits per heavy atom. The molecule has 1 unspecified atom stereocenters. The number of nitrogens with zero attached hydrogens (tertiary/aromatic N) is 1. The van der Waals surface area contributed by atoms with E-state index in [2.05, 4.69) is 86.5 Å². The van der Waals surface area contributed by atoms with Gasteiger partial charge in [-0.15, -0.1) is 11.3 Å². The molecule has 0 amide bonds. The van der Waals surface area contributed by atoms with Crippen molar-refractivity contribution < 1.29 is 9.90 Å². The standard InChI is InChI=1S/C23H14I3NO2SSi/c1-31(13-5-3-2-4-6-13)17-11-12(28)7-8-14(17)27-15-9-10-16(29)18(22(15)31)21-19(24)20(25)23(26)30-21/h2-11,28H,1H3. The molecule has 0 fully saturated rings. The van der Waals surface area contributed by atoms with E-state index in [0.29, 0.717) is 0 Å². The quantitative estimate of drug-likeness (QED) is 0.207. The molecule has 3 nitrogen and oxygen atoms in total. The highest BCUT2D eigenvalue weighted by Crippen LogP contribution is 2.43. The van der Waals surface area contributed by atoms with E-state index in [4.69, 9.17) is 4.99 Å². The van der Waals surface area contributed by atoms with Crippen molar-refractivity contribution in [1.29, 1.82) is 0 Å². The third-order valence-corrected chi connectivity index (χ3v) is 17.4. The number of benzene rings is 2. The maximum atomic E-state index is 13.4. The molecule has 154 valence electrons. The van der Waals surface area contributed by atoms with Crippen LogP contribution < -0.4 is 10.4 Å². The minimum Gasteiger partial charge on any atom is -0.508 e. The van der Waals surface area contributed by atoms with Crippen molar-refractivity contribution >= 4 is 120 Å². The van der Waals surface area contributed by atoms with E-state index in [1.54, 1.807) is 23.5 Å². The van der Waals surface area contributed by atoms with E-state index < -0.39 is 8.07 Å². The van der Waals surface area contributed by atoms with Crippen molar-refractivity contribution in [2.24, 2.45) is 4.99 Å². The van der Waals surface area contributed by atoms with Gasteiger partial charge in [0, 0.05) is 9.14 Å². The van der Waals surface area contributed by atoms with Crippen molar-refractivity contribution in [2.45, 2.75) is 6.55 Å². The number of phenols is 1. The summed E-state index contributed by atoms with van der Waals surface area (Å²) in [6, 6.07) is 15.8. The molecule has 0 spiro atoms. The van der Waals surface area contributed by atoms with Crippen LogP contribution in [0.2, 0.25) is 6.55 Å². The number of aromatic hydroxyl groups is 1. The first kappa shape index (κ1) is 22.0. The molecule has 2 aromatic carbocycles. The number of hydrogen-bond acceptors (Lipinski definition) is 4. The largest absolute Gasteiger partial charge is 0.508 e. The van der Waals surface area contributed by atoms with E-state index in [0.717, 1.165) is 35.8 Å². The smallest absolute Gasteiger partial charge is 0.187 e. The van der Waals surface area contributed by atoms with Crippen molar-refractivity contribution in [3.8, 4) is 5.75 Å². The van der Waals surface area contributed by atoms with Crippen LogP contribution in [0.4, 0.5) is 5.69 Å². The first-order chi connectivity index (χ1) is 14.8. The zero-order valence-electron chi connectivity index (χ0n) is 16.1. The molecule has 1 aliphatic heterocycles. The molecule has 2 heterocycles. The van der Waals surface area contributed by atoms with Crippen molar-refractivity contribution in [3.63, 3.8) is 0 Å². The molecule has 5 rings (SSSR count). The van der Waals surface area contributed by atoms with Gasteiger partial charge in [0.05, 0.1) is 22.7 Å². The molecule has 31 heavy (non-hydrogen) atoms. The van der Waals surface area contributed by atoms with Gasteiger partial charge < -0.3 is 5.11 Å². The molecule has 0 saturated heterocycles. The number of fused-ring (bicyclic) bond motifs is 2. The number of thiophene rings is 1. The highest BCUT2D eigenvalue weighted by Gasteiger charge is 2.46. The number of halogens is 3. The Hall–Kier alpha value is -0.833. The molecule has 1 aliphatic carbocycles. The van der Waals surface area contributed by atoms with Crippen LogP contribution in [0, 0.1) is 10.0 Å². The van der Waals surface area contributed by atoms with E-state index in [1.165, 1.54) is 11.6 Å². The number of rotatable bonds is 2. The Morgan fingerprint density at radius 1 is 1.00 bits per heavy atom. The van der Waals surface area contributed by atoms with Gasteiger partial charge in [0.1, 0.15) is 5.75 Å². The van der Waals surface area contributed by atoms with Gasteiger partial charge in [0.2, 0.25) is 0 Å². The van der Waals surface area contributed by atoms with Gasteiger partial charge >= 0.3 is 0 Å². The van der Waals surface area contributed by atoms with Crippen LogP contribution >= 0.6 is 79.1 Å². The molecule has 8 heteroatoms. The second kappa shape index (κ2) is 8.19. The Labute approximate surface area is 225 Å². The lowest BCUT2D eigenvalue weighted by molar-refractivity contribution is -0.109. The molecule has 3 aromatic rings. The fourth-order valence-corrected chi connectivity index (χ4v) is 12.7. The van der Waals surface area contributed by atoms with Gasteiger partial charge in [-0.05, 0) is 114 Å². The molecule has 0 saturated carbocycles. The summed E-state index contributed by atoms with van der Waals surface area (Å²) in [5, 5.41) is 13.6.